The smallest absolute Gasteiger partial charge is 0.126 e. The van der Waals surface area contributed by atoms with E-state index in [0.717, 1.165) is 12.2 Å². The summed E-state index contributed by atoms with van der Waals surface area (Å²) in [5.41, 5.74) is 0.626. The Bertz CT molecular complexity index is 283. The first-order chi connectivity index (χ1) is 6.13. The fourth-order valence-electron chi connectivity index (χ4n) is 1.01. The molecule has 0 amide bonds. The molecule has 2 heteroatoms. The van der Waals surface area contributed by atoms with Gasteiger partial charge in [0.1, 0.15) is 11.6 Å². The third-order valence-corrected chi connectivity index (χ3v) is 2.04. The molecule has 0 saturated heterocycles. The van der Waals surface area contributed by atoms with Crippen LogP contribution in [0.3, 0.4) is 0 Å². The number of hydrogen-bond acceptors (Lipinski definition) is 1. The van der Waals surface area contributed by atoms with Crippen LogP contribution < -0.4 is 4.74 Å². The summed E-state index contributed by atoms with van der Waals surface area (Å²) in [6, 6.07) is 4.82. The van der Waals surface area contributed by atoms with Gasteiger partial charge in [0.05, 0.1) is 6.10 Å². The highest BCUT2D eigenvalue weighted by atomic mass is 19.1. The van der Waals surface area contributed by atoms with Crippen LogP contribution in [0.4, 0.5) is 4.39 Å². The van der Waals surface area contributed by atoms with Crippen molar-refractivity contribution in [2.45, 2.75) is 33.3 Å². The van der Waals surface area contributed by atoms with Gasteiger partial charge in [0, 0.05) is 0 Å². The molecule has 0 N–H and O–H groups in total. The van der Waals surface area contributed by atoms with Crippen LogP contribution in [0.1, 0.15) is 25.8 Å². The minimum absolute atomic E-state index is 0.184. The fraction of sp³-hybridized carbons (Fsp3) is 0.455. The molecule has 1 atom stereocenters. The predicted octanol–water partition coefficient (Wildman–Crippen LogP) is 3.31. The van der Waals surface area contributed by atoms with Crippen LogP contribution >= 0.6 is 0 Å². The van der Waals surface area contributed by atoms with E-state index in [1.165, 1.54) is 6.07 Å². The predicted molar refractivity (Wildman–Crippen MR) is 51.5 cm³/mol. The largest absolute Gasteiger partial charge is 0.491 e. The molecule has 0 fully saturated rings. The average Bonchev–Trinajstić information content (AvgIpc) is 2.11. The third-order valence-electron chi connectivity index (χ3n) is 2.04. The maximum atomic E-state index is 12.9. The van der Waals surface area contributed by atoms with E-state index in [-0.39, 0.29) is 11.9 Å². The van der Waals surface area contributed by atoms with Gasteiger partial charge in [0.15, 0.2) is 0 Å². The summed E-state index contributed by atoms with van der Waals surface area (Å²) in [5, 5.41) is 0. The fourth-order valence-corrected chi connectivity index (χ4v) is 1.01. The Hall–Kier alpha value is -1.05. The van der Waals surface area contributed by atoms with Crippen LogP contribution in [-0.4, -0.2) is 6.10 Å². The zero-order valence-corrected chi connectivity index (χ0v) is 8.30. The SMILES string of the molecule is CCC(C)Oc1ccc(F)c(C)c1. The number of rotatable bonds is 3. The topological polar surface area (TPSA) is 9.23 Å². The minimum atomic E-state index is -0.184. The lowest BCUT2D eigenvalue weighted by molar-refractivity contribution is 0.217. The summed E-state index contributed by atoms with van der Waals surface area (Å²) >= 11 is 0. The highest BCUT2D eigenvalue weighted by Gasteiger charge is 2.03. The van der Waals surface area contributed by atoms with Crippen molar-refractivity contribution in [1.82, 2.24) is 0 Å². The quantitative estimate of drug-likeness (QED) is 0.696. The molecule has 1 aromatic rings. The molecule has 0 aliphatic carbocycles. The second kappa shape index (κ2) is 4.26. The molecule has 0 saturated carbocycles. The summed E-state index contributed by atoms with van der Waals surface area (Å²) < 4.78 is 18.4. The summed E-state index contributed by atoms with van der Waals surface area (Å²) in [5.74, 6) is 0.560. The molecule has 0 bridgehead atoms. The average molecular weight is 182 g/mol. The van der Waals surface area contributed by atoms with E-state index < -0.39 is 0 Å². The van der Waals surface area contributed by atoms with E-state index in [0.29, 0.717) is 5.56 Å². The van der Waals surface area contributed by atoms with Crippen molar-refractivity contribution in [3.63, 3.8) is 0 Å². The van der Waals surface area contributed by atoms with E-state index in [4.69, 9.17) is 4.74 Å². The van der Waals surface area contributed by atoms with Crippen molar-refractivity contribution in [3.05, 3.63) is 29.6 Å². The highest BCUT2D eigenvalue weighted by Crippen LogP contribution is 2.17. The minimum Gasteiger partial charge on any atom is -0.491 e. The lowest BCUT2D eigenvalue weighted by Crippen LogP contribution is -2.09. The summed E-state index contributed by atoms with van der Waals surface area (Å²) in [6.07, 6.45) is 1.14. The molecule has 72 valence electrons. The van der Waals surface area contributed by atoms with Gasteiger partial charge in [-0.15, -0.1) is 0 Å². The van der Waals surface area contributed by atoms with Crippen LogP contribution in [-0.2, 0) is 0 Å². The first-order valence-electron chi connectivity index (χ1n) is 4.56. The molecule has 0 aromatic heterocycles. The zero-order valence-electron chi connectivity index (χ0n) is 8.30. The molecule has 1 unspecified atom stereocenters. The molecule has 0 heterocycles. The molecule has 0 spiro atoms. The van der Waals surface area contributed by atoms with Crippen LogP contribution in [0, 0.1) is 12.7 Å². The standard InChI is InChI=1S/C11H15FO/c1-4-9(3)13-10-5-6-11(12)8(2)7-10/h5-7,9H,4H2,1-3H3. The lowest BCUT2D eigenvalue weighted by atomic mass is 10.2. The van der Waals surface area contributed by atoms with Crippen molar-refractivity contribution >= 4 is 0 Å². The summed E-state index contributed by atoms with van der Waals surface area (Å²) in [4.78, 5) is 0. The van der Waals surface area contributed by atoms with E-state index in [1.54, 1.807) is 19.1 Å². The Kier molecular flexibility index (Phi) is 3.29. The normalized spacial score (nSPS) is 12.6. The van der Waals surface area contributed by atoms with Gasteiger partial charge in [-0.1, -0.05) is 6.92 Å². The Labute approximate surface area is 78.5 Å². The molecule has 1 aromatic carbocycles. The van der Waals surface area contributed by atoms with Gasteiger partial charge >= 0.3 is 0 Å². The lowest BCUT2D eigenvalue weighted by Gasteiger charge is -2.12. The molecule has 1 nitrogen and oxygen atoms in total. The summed E-state index contributed by atoms with van der Waals surface area (Å²) in [7, 11) is 0. The van der Waals surface area contributed by atoms with Crippen LogP contribution in [0.5, 0.6) is 5.75 Å². The molecule has 0 aliphatic heterocycles. The molecule has 1 rings (SSSR count). The third kappa shape index (κ3) is 2.72. The van der Waals surface area contributed by atoms with Gasteiger partial charge in [0.2, 0.25) is 0 Å². The van der Waals surface area contributed by atoms with Gasteiger partial charge in [-0.2, -0.15) is 0 Å². The maximum absolute atomic E-state index is 12.9. The first-order valence-corrected chi connectivity index (χ1v) is 4.56. The number of benzene rings is 1. The van der Waals surface area contributed by atoms with E-state index in [1.807, 2.05) is 6.92 Å². The van der Waals surface area contributed by atoms with Crippen LogP contribution in [0.2, 0.25) is 0 Å². The van der Waals surface area contributed by atoms with Gasteiger partial charge in [-0.05, 0) is 44.0 Å². The van der Waals surface area contributed by atoms with E-state index in [9.17, 15) is 4.39 Å². The number of halogens is 1. The van der Waals surface area contributed by atoms with Crippen molar-refractivity contribution < 1.29 is 9.13 Å². The van der Waals surface area contributed by atoms with Crippen LogP contribution in [0.15, 0.2) is 18.2 Å². The molecule has 0 aliphatic rings. The molecule has 0 radical (unpaired) electrons. The number of hydrogen-bond donors (Lipinski definition) is 0. The summed E-state index contributed by atoms with van der Waals surface area (Å²) in [6.45, 7) is 5.79. The Balaban J connectivity index is 2.73. The van der Waals surface area contributed by atoms with Crippen LogP contribution in [0.25, 0.3) is 0 Å². The Morgan fingerprint density at radius 3 is 2.69 bits per heavy atom. The van der Waals surface area contributed by atoms with Gasteiger partial charge in [0.25, 0.3) is 0 Å². The van der Waals surface area contributed by atoms with E-state index in [2.05, 4.69) is 6.92 Å². The maximum Gasteiger partial charge on any atom is 0.126 e. The van der Waals surface area contributed by atoms with Gasteiger partial charge in [-0.3, -0.25) is 0 Å². The van der Waals surface area contributed by atoms with Gasteiger partial charge < -0.3 is 4.74 Å². The van der Waals surface area contributed by atoms with Crippen molar-refractivity contribution in [2.24, 2.45) is 0 Å². The Morgan fingerprint density at radius 1 is 1.46 bits per heavy atom. The number of ether oxygens (including phenoxy) is 1. The highest BCUT2D eigenvalue weighted by molar-refractivity contribution is 5.28. The van der Waals surface area contributed by atoms with Crippen molar-refractivity contribution in [2.75, 3.05) is 0 Å². The van der Waals surface area contributed by atoms with Crippen molar-refractivity contribution in [1.29, 1.82) is 0 Å². The Morgan fingerprint density at radius 2 is 2.15 bits per heavy atom. The van der Waals surface area contributed by atoms with E-state index >= 15 is 0 Å². The molecular weight excluding hydrogens is 167 g/mol. The second-order valence-corrected chi connectivity index (χ2v) is 3.25. The first kappa shape index (κ1) is 10.0. The monoisotopic (exact) mass is 182 g/mol. The number of aryl methyl sites for hydroxylation is 1. The van der Waals surface area contributed by atoms with Gasteiger partial charge in [-0.25, -0.2) is 4.39 Å². The molecule has 13 heavy (non-hydrogen) atoms. The second-order valence-electron chi connectivity index (χ2n) is 3.25. The molecular formula is C11H15FO. The zero-order chi connectivity index (χ0) is 9.84. The van der Waals surface area contributed by atoms with Crippen molar-refractivity contribution in [3.8, 4) is 5.75 Å².